The van der Waals surface area contributed by atoms with E-state index in [1.54, 1.807) is 0 Å². The number of hydrogen-bond donors (Lipinski definition) is 1. The predicted molar refractivity (Wildman–Crippen MR) is 75.5 cm³/mol. The smallest absolute Gasteiger partial charge is 0.0323 e. The number of pyridine rings is 1. The van der Waals surface area contributed by atoms with Crippen molar-refractivity contribution < 1.29 is 0 Å². The summed E-state index contributed by atoms with van der Waals surface area (Å²) in [5, 5.41) is 3.28. The van der Waals surface area contributed by atoms with Gasteiger partial charge in [0.1, 0.15) is 0 Å². The number of rotatable bonds is 5. The monoisotopic (exact) mass is 247 g/mol. The Hall–Kier alpha value is -0.930. The molecule has 1 aromatic heterocycles. The topological polar surface area (TPSA) is 28.2 Å². The van der Waals surface area contributed by atoms with E-state index >= 15 is 0 Å². The summed E-state index contributed by atoms with van der Waals surface area (Å²) in [5.74, 6) is 0. The lowest BCUT2D eigenvalue weighted by Crippen LogP contribution is -2.42. The van der Waals surface area contributed by atoms with Crippen LogP contribution in [0.3, 0.4) is 0 Å². The SMILES string of the molecule is CNCCC1CCCCN1C(C)c1ccncc1. The Balaban J connectivity index is 2.03. The highest BCUT2D eigenvalue weighted by Gasteiger charge is 2.26. The average molecular weight is 247 g/mol. The van der Waals surface area contributed by atoms with Crippen molar-refractivity contribution >= 4 is 0 Å². The largest absolute Gasteiger partial charge is 0.320 e. The standard InChI is InChI=1S/C15H25N3/c1-13(14-6-10-17-11-7-14)18-12-4-3-5-15(18)8-9-16-2/h6-7,10-11,13,15-16H,3-5,8-9,12H2,1-2H3. The summed E-state index contributed by atoms with van der Waals surface area (Å²) in [6.07, 6.45) is 9.12. The quantitative estimate of drug-likeness (QED) is 0.867. The van der Waals surface area contributed by atoms with E-state index in [-0.39, 0.29) is 0 Å². The van der Waals surface area contributed by atoms with E-state index in [0.29, 0.717) is 6.04 Å². The van der Waals surface area contributed by atoms with Crippen LogP contribution in [0.4, 0.5) is 0 Å². The lowest BCUT2D eigenvalue weighted by molar-refractivity contribution is 0.0971. The van der Waals surface area contributed by atoms with E-state index in [9.17, 15) is 0 Å². The molecule has 0 aromatic carbocycles. The molecular weight excluding hydrogens is 222 g/mol. The fraction of sp³-hybridized carbons (Fsp3) is 0.667. The van der Waals surface area contributed by atoms with E-state index in [2.05, 4.69) is 34.3 Å². The minimum absolute atomic E-state index is 0.509. The molecule has 1 fully saturated rings. The molecule has 2 heterocycles. The van der Waals surface area contributed by atoms with E-state index in [1.165, 1.54) is 37.8 Å². The Bertz CT molecular complexity index is 339. The maximum Gasteiger partial charge on any atom is 0.0323 e. The fourth-order valence-electron chi connectivity index (χ4n) is 2.99. The van der Waals surface area contributed by atoms with E-state index < -0.39 is 0 Å². The number of likely N-dealkylation sites (tertiary alicyclic amines) is 1. The van der Waals surface area contributed by atoms with Gasteiger partial charge in [-0.25, -0.2) is 0 Å². The number of aromatic nitrogens is 1. The molecule has 2 rings (SSSR count). The summed E-state index contributed by atoms with van der Waals surface area (Å²) in [4.78, 5) is 6.79. The van der Waals surface area contributed by atoms with Gasteiger partial charge < -0.3 is 5.32 Å². The molecule has 0 bridgehead atoms. The maximum absolute atomic E-state index is 4.11. The van der Waals surface area contributed by atoms with Crippen molar-refractivity contribution in [3.63, 3.8) is 0 Å². The Morgan fingerprint density at radius 1 is 1.39 bits per heavy atom. The van der Waals surface area contributed by atoms with Gasteiger partial charge in [0, 0.05) is 24.5 Å². The van der Waals surface area contributed by atoms with Gasteiger partial charge in [0.15, 0.2) is 0 Å². The van der Waals surface area contributed by atoms with Gasteiger partial charge in [0.25, 0.3) is 0 Å². The summed E-state index contributed by atoms with van der Waals surface area (Å²) in [6.45, 7) is 4.68. The van der Waals surface area contributed by atoms with Crippen LogP contribution in [0.5, 0.6) is 0 Å². The highest BCUT2D eigenvalue weighted by molar-refractivity contribution is 5.14. The Morgan fingerprint density at radius 3 is 2.89 bits per heavy atom. The second kappa shape index (κ2) is 6.86. The van der Waals surface area contributed by atoms with Crippen LogP contribution in [0.15, 0.2) is 24.5 Å². The van der Waals surface area contributed by atoms with Gasteiger partial charge in [-0.15, -0.1) is 0 Å². The normalized spacial score (nSPS) is 22.9. The Morgan fingerprint density at radius 2 is 2.17 bits per heavy atom. The second-order valence-corrected chi connectivity index (χ2v) is 5.24. The molecule has 2 atom stereocenters. The third-order valence-corrected chi connectivity index (χ3v) is 4.09. The van der Waals surface area contributed by atoms with Crippen molar-refractivity contribution in [2.45, 2.75) is 44.7 Å². The van der Waals surface area contributed by atoms with Crippen LogP contribution in [0, 0.1) is 0 Å². The van der Waals surface area contributed by atoms with Crippen molar-refractivity contribution in [1.29, 1.82) is 0 Å². The van der Waals surface area contributed by atoms with Gasteiger partial charge in [-0.3, -0.25) is 9.88 Å². The summed E-state index contributed by atoms with van der Waals surface area (Å²) in [7, 11) is 2.04. The first-order valence-corrected chi connectivity index (χ1v) is 7.13. The molecule has 0 aliphatic carbocycles. The number of hydrogen-bond acceptors (Lipinski definition) is 3. The first-order chi connectivity index (χ1) is 8.83. The average Bonchev–Trinajstić information content (AvgIpc) is 2.45. The zero-order valence-corrected chi connectivity index (χ0v) is 11.6. The first-order valence-electron chi connectivity index (χ1n) is 7.13. The summed E-state index contributed by atoms with van der Waals surface area (Å²) in [5.41, 5.74) is 1.39. The first kappa shape index (κ1) is 13.5. The molecular formula is C15H25N3. The van der Waals surface area contributed by atoms with Crippen molar-refractivity contribution in [3.8, 4) is 0 Å². The van der Waals surface area contributed by atoms with Crippen LogP contribution in [-0.2, 0) is 0 Å². The van der Waals surface area contributed by atoms with Gasteiger partial charge in [-0.1, -0.05) is 6.42 Å². The van der Waals surface area contributed by atoms with E-state index in [1.807, 2.05) is 19.4 Å². The lowest BCUT2D eigenvalue weighted by Gasteiger charge is -2.40. The molecule has 0 radical (unpaired) electrons. The Labute approximate surface area is 111 Å². The molecule has 18 heavy (non-hydrogen) atoms. The third kappa shape index (κ3) is 3.30. The molecule has 0 amide bonds. The zero-order valence-electron chi connectivity index (χ0n) is 11.6. The lowest BCUT2D eigenvalue weighted by atomic mass is 9.95. The fourth-order valence-corrected chi connectivity index (χ4v) is 2.99. The van der Waals surface area contributed by atoms with Crippen LogP contribution in [0.1, 0.15) is 44.2 Å². The van der Waals surface area contributed by atoms with Crippen molar-refractivity contribution in [3.05, 3.63) is 30.1 Å². The van der Waals surface area contributed by atoms with Gasteiger partial charge in [0.05, 0.1) is 0 Å². The van der Waals surface area contributed by atoms with Crippen LogP contribution in [-0.4, -0.2) is 36.1 Å². The van der Waals surface area contributed by atoms with Crippen LogP contribution < -0.4 is 5.32 Å². The number of nitrogens with one attached hydrogen (secondary N) is 1. The van der Waals surface area contributed by atoms with Crippen molar-refractivity contribution in [2.24, 2.45) is 0 Å². The van der Waals surface area contributed by atoms with E-state index in [4.69, 9.17) is 0 Å². The molecule has 3 heteroatoms. The number of nitrogens with zero attached hydrogens (tertiary/aromatic N) is 2. The predicted octanol–water partition coefficient (Wildman–Crippen LogP) is 2.61. The van der Waals surface area contributed by atoms with Gasteiger partial charge in [-0.2, -0.15) is 0 Å². The minimum Gasteiger partial charge on any atom is -0.320 e. The number of piperidine rings is 1. The molecule has 1 aromatic rings. The molecule has 0 spiro atoms. The van der Waals surface area contributed by atoms with Crippen LogP contribution >= 0.6 is 0 Å². The molecule has 1 aliphatic heterocycles. The Kier molecular flexibility index (Phi) is 5.14. The van der Waals surface area contributed by atoms with Crippen LogP contribution in [0.25, 0.3) is 0 Å². The third-order valence-electron chi connectivity index (χ3n) is 4.09. The maximum atomic E-state index is 4.11. The molecule has 3 nitrogen and oxygen atoms in total. The van der Waals surface area contributed by atoms with Gasteiger partial charge >= 0.3 is 0 Å². The highest BCUT2D eigenvalue weighted by atomic mass is 15.2. The van der Waals surface area contributed by atoms with Crippen molar-refractivity contribution in [2.75, 3.05) is 20.1 Å². The summed E-state index contributed by atoms with van der Waals surface area (Å²) >= 11 is 0. The molecule has 1 N–H and O–H groups in total. The summed E-state index contributed by atoms with van der Waals surface area (Å²) < 4.78 is 0. The molecule has 1 saturated heterocycles. The zero-order chi connectivity index (χ0) is 12.8. The second-order valence-electron chi connectivity index (χ2n) is 5.24. The summed E-state index contributed by atoms with van der Waals surface area (Å²) in [6, 6.07) is 5.53. The molecule has 0 saturated carbocycles. The minimum atomic E-state index is 0.509. The van der Waals surface area contributed by atoms with Crippen LogP contribution in [0.2, 0.25) is 0 Å². The highest BCUT2D eigenvalue weighted by Crippen LogP contribution is 2.29. The van der Waals surface area contributed by atoms with Crippen molar-refractivity contribution in [1.82, 2.24) is 15.2 Å². The van der Waals surface area contributed by atoms with Gasteiger partial charge in [0.2, 0.25) is 0 Å². The van der Waals surface area contributed by atoms with E-state index in [0.717, 1.165) is 12.6 Å². The van der Waals surface area contributed by atoms with Gasteiger partial charge in [-0.05, 0) is 64.0 Å². The molecule has 1 aliphatic rings. The molecule has 2 unspecified atom stereocenters. The molecule has 100 valence electrons.